The smallest absolute Gasteiger partial charge is 0.118 e. The Hall–Kier alpha value is -2.59. The van der Waals surface area contributed by atoms with Crippen molar-refractivity contribution in [1.82, 2.24) is 10.2 Å². The summed E-state index contributed by atoms with van der Waals surface area (Å²) in [5.41, 5.74) is 12.8. The molecule has 3 aromatic rings. The second-order valence-electron chi connectivity index (χ2n) is 6.09. The third-order valence-electron chi connectivity index (χ3n) is 4.40. The topological polar surface area (TPSA) is 63.9 Å². The fraction of sp³-hybridized carbons (Fsp3) is 0.250. The largest absolute Gasteiger partial charge is 0.497 e. The molecule has 0 amide bonds. The van der Waals surface area contributed by atoms with Crippen LogP contribution >= 0.6 is 0 Å². The van der Waals surface area contributed by atoms with Gasteiger partial charge in [0.15, 0.2) is 0 Å². The van der Waals surface area contributed by atoms with Crippen LogP contribution in [-0.2, 0) is 0 Å². The van der Waals surface area contributed by atoms with Crippen molar-refractivity contribution in [2.45, 2.75) is 19.8 Å². The molecule has 1 unspecified atom stereocenters. The van der Waals surface area contributed by atoms with Crippen molar-refractivity contribution in [1.29, 1.82) is 0 Å². The minimum absolute atomic E-state index is 0.116. The summed E-state index contributed by atoms with van der Waals surface area (Å²) < 4.78 is 5.20. The highest BCUT2D eigenvalue weighted by Gasteiger charge is 2.17. The van der Waals surface area contributed by atoms with Crippen LogP contribution in [0.25, 0.3) is 11.3 Å². The first-order valence-corrected chi connectivity index (χ1v) is 8.09. The molecule has 4 heteroatoms. The molecule has 0 radical (unpaired) electrons. The zero-order chi connectivity index (χ0) is 17.1. The number of hydrogen-bond donors (Lipinski definition) is 2. The molecule has 0 bridgehead atoms. The Morgan fingerprint density at radius 3 is 2.46 bits per heavy atom. The number of hydrogen-bond acceptors (Lipinski definition) is 3. The fourth-order valence-corrected chi connectivity index (χ4v) is 3.06. The van der Waals surface area contributed by atoms with Crippen LogP contribution in [0.15, 0.2) is 48.5 Å². The van der Waals surface area contributed by atoms with Gasteiger partial charge in [-0.15, -0.1) is 0 Å². The van der Waals surface area contributed by atoms with Gasteiger partial charge in [-0.2, -0.15) is 5.10 Å². The van der Waals surface area contributed by atoms with Gasteiger partial charge in [-0.25, -0.2) is 0 Å². The van der Waals surface area contributed by atoms with Crippen LogP contribution < -0.4 is 10.5 Å². The summed E-state index contributed by atoms with van der Waals surface area (Å²) in [6.45, 7) is 4.77. The molecule has 0 saturated carbocycles. The van der Waals surface area contributed by atoms with E-state index in [1.807, 2.05) is 24.3 Å². The quantitative estimate of drug-likeness (QED) is 0.751. The van der Waals surface area contributed by atoms with Crippen LogP contribution in [0.2, 0.25) is 0 Å². The van der Waals surface area contributed by atoms with Gasteiger partial charge >= 0.3 is 0 Å². The van der Waals surface area contributed by atoms with Gasteiger partial charge in [-0.1, -0.05) is 23.8 Å². The van der Waals surface area contributed by atoms with Gasteiger partial charge in [0.2, 0.25) is 0 Å². The molecule has 0 fully saturated rings. The Bertz CT molecular complexity index is 821. The Labute approximate surface area is 142 Å². The third kappa shape index (κ3) is 3.19. The molecule has 4 nitrogen and oxygen atoms in total. The van der Waals surface area contributed by atoms with Crippen molar-refractivity contribution in [3.05, 3.63) is 70.9 Å². The normalized spacial score (nSPS) is 12.2. The molecule has 124 valence electrons. The van der Waals surface area contributed by atoms with E-state index < -0.39 is 0 Å². The monoisotopic (exact) mass is 321 g/mol. The number of H-pyrrole nitrogens is 1. The highest BCUT2D eigenvalue weighted by Crippen LogP contribution is 2.29. The maximum atomic E-state index is 6.07. The van der Waals surface area contributed by atoms with Gasteiger partial charge in [-0.05, 0) is 55.3 Å². The number of ether oxygens (including phenoxy) is 1. The molecule has 0 saturated heterocycles. The van der Waals surface area contributed by atoms with Crippen molar-refractivity contribution in [3.63, 3.8) is 0 Å². The van der Waals surface area contributed by atoms with Crippen molar-refractivity contribution < 1.29 is 4.74 Å². The summed E-state index contributed by atoms with van der Waals surface area (Å²) in [5.74, 6) is 0.953. The average molecular weight is 321 g/mol. The predicted molar refractivity (Wildman–Crippen MR) is 97.4 cm³/mol. The molecular formula is C20H23N3O. The Balaban J connectivity index is 1.92. The maximum Gasteiger partial charge on any atom is 0.118 e. The second kappa shape index (κ2) is 6.89. The Morgan fingerprint density at radius 2 is 1.83 bits per heavy atom. The van der Waals surface area contributed by atoms with E-state index in [1.165, 1.54) is 16.7 Å². The molecular weight excluding hydrogens is 298 g/mol. The number of aromatic nitrogens is 2. The SMILES string of the molecule is COc1ccc(-c2cc(C(CN)c3ccc(C)cc3C)[nH]n2)cc1. The molecule has 0 aliphatic rings. The molecule has 3 N–H and O–H groups in total. The molecule has 0 spiro atoms. The molecule has 1 heterocycles. The van der Waals surface area contributed by atoms with E-state index in [1.54, 1.807) is 7.11 Å². The number of rotatable bonds is 5. The molecule has 3 rings (SSSR count). The average Bonchev–Trinajstić information content (AvgIpc) is 3.07. The molecule has 24 heavy (non-hydrogen) atoms. The lowest BCUT2D eigenvalue weighted by Gasteiger charge is -2.16. The number of nitrogens with zero attached hydrogens (tertiary/aromatic N) is 1. The summed E-state index contributed by atoms with van der Waals surface area (Å²) in [6.07, 6.45) is 0. The van der Waals surface area contributed by atoms with Crippen LogP contribution in [0.3, 0.4) is 0 Å². The van der Waals surface area contributed by atoms with Crippen molar-refractivity contribution in [2.75, 3.05) is 13.7 Å². The first-order valence-electron chi connectivity index (χ1n) is 8.09. The summed E-state index contributed by atoms with van der Waals surface area (Å²) in [6, 6.07) is 16.5. The number of aryl methyl sites for hydroxylation is 2. The summed E-state index contributed by atoms with van der Waals surface area (Å²) in [5, 5.41) is 7.63. The van der Waals surface area contributed by atoms with E-state index in [4.69, 9.17) is 10.5 Å². The van der Waals surface area contributed by atoms with Crippen molar-refractivity contribution >= 4 is 0 Å². The van der Waals surface area contributed by atoms with Gasteiger partial charge in [0.1, 0.15) is 5.75 Å². The van der Waals surface area contributed by atoms with Gasteiger partial charge < -0.3 is 10.5 Å². The number of methoxy groups -OCH3 is 1. The first-order chi connectivity index (χ1) is 11.6. The van der Waals surface area contributed by atoms with Gasteiger partial charge in [0.25, 0.3) is 0 Å². The first kappa shape index (κ1) is 16.3. The summed E-state index contributed by atoms with van der Waals surface area (Å²) in [4.78, 5) is 0. The Morgan fingerprint density at radius 1 is 1.08 bits per heavy atom. The van der Waals surface area contributed by atoms with Gasteiger partial charge in [-0.3, -0.25) is 5.10 Å². The minimum Gasteiger partial charge on any atom is -0.497 e. The number of benzene rings is 2. The zero-order valence-corrected chi connectivity index (χ0v) is 14.3. The van der Waals surface area contributed by atoms with E-state index in [-0.39, 0.29) is 5.92 Å². The van der Waals surface area contributed by atoms with Gasteiger partial charge in [0.05, 0.1) is 12.8 Å². The lowest BCUT2D eigenvalue weighted by molar-refractivity contribution is 0.415. The van der Waals surface area contributed by atoms with E-state index in [0.29, 0.717) is 6.54 Å². The van der Waals surface area contributed by atoms with E-state index in [0.717, 1.165) is 22.7 Å². The second-order valence-corrected chi connectivity index (χ2v) is 6.09. The number of nitrogens with one attached hydrogen (secondary N) is 1. The van der Waals surface area contributed by atoms with Crippen molar-refractivity contribution in [2.24, 2.45) is 5.73 Å². The zero-order valence-electron chi connectivity index (χ0n) is 14.3. The van der Waals surface area contributed by atoms with Crippen LogP contribution in [-0.4, -0.2) is 23.9 Å². The molecule has 2 aromatic carbocycles. The molecule has 1 aromatic heterocycles. The molecule has 1 atom stereocenters. The van der Waals surface area contributed by atoms with E-state index >= 15 is 0 Å². The standard InChI is InChI=1S/C20H23N3O/c1-13-4-9-17(14(2)10-13)18(12-21)20-11-19(22-23-20)15-5-7-16(24-3)8-6-15/h4-11,18H,12,21H2,1-3H3,(H,22,23). The third-order valence-corrected chi connectivity index (χ3v) is 4.40. The molecule has 0 aliphatic carbocycles. The van der Waals surface area contributed by atoms with Crippen LogP contribution in [0.1, 0.15) is 28.3 Å². The highest BCUT2D eigenvalue weighted by atomic mass is 16.5. The van der Waals surface area contributed by atoms with Gasteiger partial charge in [0, 0.05) is 23.7 Å². The predicted octanol–water partition coefficient (Wildman–Crippen LogP) is 3.79. The Kier molecular flexibility index (Phi) is 4.67. The van der Waals surface area contributed by atoms with Crippen molar-refractivity contribution in [3.8, 4) is 17.0 Å². The van der Waals surface area contributed by atoms with Crippen LogP contribution in [0.5, 0.6) is 5.75 Å². The number of aromatic amines is 1. The summed E-state index contributed by atoms with van der Waals surface area (Å²) in [7, 11) is 1.66. The van der Waals surface area contributed by atoms with E-state index in [9.17, 15) is 0 Å². The lowest BCUT2D eigenvalue weighted by atomic mass is 9.91. The number of nitrogens with two attached hydrogens (primary N) is 1. The molecule has 0 aliphatic heterocycles. The highest BCUT2D eigenvalue weighted by molar-refractivity contribution is 5.61. The fourth-order valence-electron chi connectivity index (χ4n) is 3.06. The van der Waals surface area contributed by atoms with E-state index in [2.05, 4.69) is 48.3 Å². The minimum atomic E-state index is 0.116. The van der Waals surface area contributed by atoms with Crippen LogP contribution in [0.4, 0.5) is 0 Å². The lowest BCUT2D eigenvalue weighted by Crippen LogP contribution is -2.15. The maximum absolute atomic E-state index is 6.07. The summed E-state index contributed by atoms with van der Waals surface area (Å²) >= 11 is 0. The van der Waals surface area contributed by atoms with Crippen LogP contribution in [0, 0.1) is 13.8 Å².